The zero-order chi connectivity index (χ0) is 18.4. The van der Waals surface area contributed by atoms with Gasteiger partial charge in [0.25, 0.3) is 0 Å². The smallest absolute Gasteiger partial charge is 0.324 e. The Bertz CT molecular complexity index is 993. The van der Waals surface area contributed by atoms with Crippen molar-refractivity contribution >= 4 is 22.8 Å². The summed E-state index contributed by atoms with van der Waals surface area (Å²) >= 11 is 0. The number of nitrogens with one attached hydrogen (secondary N) is 1. The van der Waals surface area contributed by atoms with Gasteiger partial charge >= 0.3 is 5.97 Å². The number of carbonyl (C=O) groups is 1. The number of rotatable bonds is 2. The van der Waals surface area contributed by atoms with Crippen molar-refractivity contribution in [3.05, 3.63) is 53.7 Å². The molecule has 0 radical (unpaired) electrons. The average molecular weight is 367 g/mol. The Balaban J connectivity index is 1.48. The number of para-hydroxylation sites is 2. The minimum Gasteiger partial charge on any atom is -0.440 e. The van der Waals surface area contributed by atoms with Crippen LogP contribution < -0.4 is 15.0 Å². The van der Waals surface area contributed by atoms with Gasteiger partial charge in [0, 0.05) is 49.9 Å². The van der Waals surface area contributed by atoms with Crippen molar-refractivity contribution in [1.29, 1.82) is 0 Å². The largest absolute Gasteiger partial charge is 0.440 e. The Morgan fingerprint density at radius 3 is 2.81 bits per heavy atom. The molecule has 2 aliphatic heterocycles. The van der Waals surface area contributed by atoms with Gasteiger partial charge in [-0.15, -0.1) is 0 Å². The molecule has 3 aromatic rings. The summed E-state index contributed by atoms with van der Waals surface area (Å²) in [7, 11) is 0. The van der Waals surface area contributed by atoms with Crippen LogP contribution in [-0.2, 0) is 11.2 Å². The number of hydrogen-bond donors (Lipinski definition) is 1. The molecule has 138 valence electrons. The van der Waals surface area contributed by atoms with Gasteiger partial charge < -0.3 is 19.4 Å². The van der Waals surface area contributed by atoms with Gasteiger partial charge in [-0.25, -0.2) is 9.37 Å². The Hall–Kier alpha value is -2.93. The van der Waals surface area contributed by atoms with Crippen molar-refractivity contribution in [2.45, 2.75) is 12.3 Å². The van der Waals surface area contributed by atoms with Crippen LogP contribution in [0.3, 0.4) is 0 Å². The molecule has 0 amide bonds. The average Bonchev–Trinajstić information content (AvgIpc) is 3.12. The Morgan fingerprint density at radius 1 is 1.19 bits per heavy atom. The van der Waals surface area contributed by atoms with Crippen molar-refractivity contribution in [3.63, 3.8) is 0 Å². The van der Waals surface area contributed by atoms with E-state index < -0.39 is 11.9 Å². The van der Waals surface area contributed by atoms with Crippen molar-refractivity contribution in [1.82, 2.24) is 10.3 Å². The molecule has 6 nitrogen and oxygen atoms in total. The summed E-state index contributed by atoms with van der Waals surface area (Å²) in [5, 5.41) is 3.27. The number of benzene rings is 2. The van der Waals surface area contributed by atoms with Crippen LogP contribution in [0.5, 0.6) is 5.75 Å². The molecule has 2 aromatic carbocycles. The minimum absolute atomic E-state index is 0.175. The molecule has 1 unspecified atom stereocenters. The van der Waals surface area contributed by atoms with E-state index in [9.17, 15) is 9.18 Å². The topological polar surface area (TPSA) is 67.6 Å². The summed E-state index contributed by atoms with van der Waals surface area (Å²) < 4.78 is 26.0. The van der Waals surface area contributed by atoms with Crippen molar-refractivity contribution in [2.75, 3.05) is 31.1 Å². The lowest BCUT2D eigenvalue weighted by Gasteiger charge is -2.31. The molecule has 0 saturated carbocycles. The van der Waals surface area contributed by atoms with Gasteiger partial charge in [0.15, 0.2) is 5.58 Å². The fourth-order valence-electron chi connectivity index (χ4n) is 3.69. The highest BCUT2D eigenvalue weighted by molar-refractivity contribution is 5.83. The number of fused-ring (bicyclic) bond motifs is 2. The Kier molecular flexibility index (Phi) is 3.82. The standard InChI is InChI=1S/C20H18FN3O3/c21-15-9-12(24-7-5-22-6-8-24)10-18-13(15)11-14(20(25)27-18)19-23-16-3-1-2-4-17(16)26-19/h1-4,9-10,14,22H,5-8,11H2. The van der Waals surface area contributed by atoms with Gasteiger partial charge in [0.05, 0.1) is 0 Å². The Labute approximate surface area is 154 Å². The fraction of sp³-hybridized carbons (Fsp3) is 0.300. The maximum Gasteiger partial charge on any atom is 0.324 e. The molecular weight excluding hydrogens is 349 g/mol. The van der Waals surface area contributed by atoms with E-state index in [4.69, 9.17) is 9.15 Å². The number of halogens is 1. The number of esters is 1. The molecule has 2 aliphatic rings. The van der Waals surface area contributed by atoms with Gasteiger partial charge in [-0.05, 0) is 18.2 Å². The highest BCUT2D eigenvalue weighted by Gasteiger charge is 2.36. The van der Waals surface area contributed by atoms with E-state index in [0.717, 1.165) is 31.9 Å². The second-order valence-corrected chi connectivity index (χ2v) is 6.84. The lowest BCUT2D eigenvalue weighted by Crippen LogP contribution is -2.43. The molecule has 3 heterocycles. The second-order valence-electron chi connectivity index (χ2n) is 6.84. The molecule has 1 saturated heterocycles. The van der Waals surface area contributed by atoms with Crippen molar-refractivity contribution in [3.8, 4) is 5.75 Å². The van der Waals surface area contributed by atoms with Crippen LogP contribution in [0.2, 0.25) is 0 Å². The van der Waals surface area contributed by atoms with Crippen molar-refractivity contribution < 1.29 is 18.3 Å². The molecule has 7 heteroatoms. The number of anilines is 1. The maximum atomic E-state index is 14.8. The van der Waals surface area contributed by atoms with Crippen LogP contribution in [0.15, 0.2) is 40.8 Å². The van der Waals surface area contributed by atoms with Crippen LogP contribution in [-0.4, -0.2) is 37.1 Å². The van der Waals surface area contributed by atoms with E-state index in [0.29, 0.717) is 22.4 Å². The molecule has 0 bridgehead atoms. The molecule has 27 heavy (non-hydrogen) atoms. The number of hydrogen-bond acceptors (Lipinski definition) is 6. The summed E-state index contributed by atoms with van der Waals surface area (Å²) in [5.74, 6) is -1.02. The predicted molar refractivity (Wildman–Crippen MR) is 97.6 cm³/mol. The first kappa shape index (κ1) is 16.3. The van der Waals surface area contributed by atoms with E-state index in [1.165, 1.54) is 6.07 Å². The molecule has 0 spiro atoms. The molecule has 5 rings (SSSR count). The quantitative estimate of drug-likeness (QED) is 0.555. The zero-order valence-electron chi connectivity index (χ0n) is 14.6. The molecule has 0 aliphatic carbocycles. The van der Waals surface area contributed by atoms with E-state index in [1.54, 1.807) is 12.1 Å². The number of piperazine rings is 1. The number of aromatic nitrogens is 1. The van der Waals surface area contributed by atoms with Gasteiger partial charge in [-0.2, -0.15) is 0 Å². The number of ether oxygens (including phenoxy) is 1. The van der Waals surface area contributed by atoms with Gasteiger partial charge in [0.2, 0.25) is 5.89 Å². The number of carbonyl (C=O) groups excluding carboxylic acids is 1. The monoisotopic (exact) mass is 367 g/mol. The van der Waals surface area contributed by atoms with Crippen molar-refractivity contribution in [2.24, 2.45) is 0 Å². The zero-order valence-corrected chi connectivity index (χ0v) is 14.6. The third-order valence-electron chi connectivity index (χ3n) is 5.13. The van der Waals surface area contributed by atoms with Gasteiger partial charge in [-0.3, -0.25) is 4.79 Å². The third-order valence-corrected chi connectivity index (χ3v) is 5.13. The molecule has 1 aromatic heterocycles. The van der Waals surface area contributed by atoms with Crippen LogP contribution in [0.4, 0.5) is 10.1 Å². The summed E-state index contributed by atoms with van der Waals surface area (Å²) in [6, 6.07) is 10.6. The number of nitrogens with zero attached hydrogens (tertiary/aromatic N) is 2. The fourth-order valence-corrected chi connectivity index (χ4v) is 3.69. The summed E-state index contributed by atoms with van der Waals surface area (Å²) in [6.07, 6.45) is 0.175. The van der Waals surface area contributed by atoms with Crippen LogP contribution in [0.1, 0.15) is 17.4 Å². The van der Waals surface area contributed by atoms with Crippen LogP contribution in [0.25, 0.3) is 11.1 Å². The normalized spacial score (nSPS) is 19.8. The molecular formula is C20H18FN3O3. The summed E-state index contributed by atoms with van der Waals surface area (Å²) in [6.45, 7) is 3.27. The first-order valence-corrected chi connectivity index (χ1v) is 9.04. The first-order valence-electron chi connectivity index (χ1n) is 9.04. The first-order chi connectivity index (χ1) is 13.2. The minimum atomic E-state index is -0.746. The number of oxazole rings is 1. The van der Waals surface area contributed by atoms with E-state index >= 15 is 0 Å². The van der Waals surface area contributed by atoms with E-state index in [2.05, 4.69) is 15.2 Å². The molecule has 1 atom stereocenters. The Morgan fingerprint density at radius 2 is 2.00 bits per heavy atom. The summed E-state index contributed by atoms with van der Waals surface area (Å²) in [5.41, 5.74) is 2.39. The molecule has 1 N–H and O–H groups in total. The third kappa shape index (κ3) is 2.84. The second kappa shape index (κ2) is 6.35. The van der Waals surface area contributed by atoms with E-state index in [1.807, 2.05) is 18.2 Å². The van der Waals surface area contributed by atoms with Gasteiger partial charge in [-0.1, -0.05) is 12.1 Å². The maximum absolute atomic E-state index is 14.8. The predicted octanol–water partition coefficient (Wildman–Crippen LogP) is 2.62. The summed E-state index contributed by atoms with van der Waals surface area (Å²) in [4.78, 5) is 19.0. The van der Waals surface area contributed by atoms with Gasteiger partial charge in [0.1, 0.15) is 23.0 Å². The highest BCUT2D eigenvalue weighted by Crippen LogP contribution is 2.38. The SMILES string of the molecule is O=C1Oc2cc(N3CCNCC3)cc(F)c2CC1c1nc2ccccc2o1. The van der Waals surface area contributed by atoms with Crippen LogP contribution >= 0.6 is 0 Å². The van der Waals surface area contributed by atoms with Crippen LogP contribution in [0, 0.1) is 5.82 Å². The molecule has 1 fully saturated rings. The highest BCUT2D eigenvalue weighted by atomic mass is 19.1. The lowest BCUT2D eigenvalue weighted by atomic mass is 9.95. The lowest BCUT2D eigenvalue weighted by molar-refractivity contribution is -0.137. The van der Waals surface area contributed by atoms with E-state index in [-0.39, 0.29) is 18.1 Å².